The minimum atomic E-state index is 0.595. The molecule has 1 aromatic heterocycles. The summed E-state index contributed by atoms with van der Waals surface area (Å²) in [6, 6.07) is 0. The van der Waals surface area contributed by atoms with E-state index < -0.39 is 0 Å². The molecule has 0 saturated heterocycles. The lowest BCUT2D eigenvalue weighted by Crippen LogP contribution is -2.09. The van der Waals surface area contributed by atoms with E-state index >= 15 is 0 Å². The van der Waals surface area contributed by atoms with Crippen molar-refractivity contribution in [1.82, 2.24) is 9.78 Å². The molecule has 1 rings (SSSR count). The van der Waals surface area contributed by atoms with Crippen molar-refractivity contribution in [3.63, 3.8) is 0 Å². The second-order valence-corrected chi connectivity index (χ2v) is 2.52. The van der Waals surface area contributed by atoms with Crippen molar-refractivity contribution >= 4 is 11.6 Å². The molecule has 0 fully saturated rings. The maximum absolute atomic E-state index is 5.74. The van der Waals surface area contributed by atoms with Crippen molar-refractivity contribution in [2.75, 3.05) is 6.54 Å². The zero-order valence-corrected chi connectivity index (χ0v) is 6.60. The number of aryl methyl sites for hydroxylation is 1. The second kappa shape index (κ2) is 3.03. The topological polar surface area (TPSA) is 43.8 Å². The zero-order chi connectivity index (χ0) is 7.56. The van der Waals surface area contributed by atoms with Crippen LogP contribution in [0.2, 0.25) is 5.02 Å². The third kappa shape index (κ3) is 1.49. The van der Waals surface area contributed by atoms with E-state index in [4.69, 9.17) is 17.3 Å². The zero-order valence-electron chi connectivity index (χ0n) is 5.84. The van der Waals surface area contributed by atoms with Crippen molar-refractivity contribution in [2.24, 2.45) is 5.73 Å². The lowest BCUT2D eigenvalue weighted by molar-refractivity contribution is 0.620. The van der Waals surface area contributed by atoms with Crippen LogP contribution in [0.15, 0.2) is 6.20 Å². The van der Waals surface area contributed by atoms with Gasteiger partial charge in [-0.2, -0.15) is 5.10 Å². The van der Waals surface area contributed by atoms with Gasteiger partial charge >= 0.3 is 0 Å². The Morgan fingerprint density at radius 1 is 1.80 bits per heavy atom. The first-order valence-electron chi connectivity index (χ1n) is 3.13. The summed E-state index contributed by atoms with van der Waals surface area (Å²) >= 11 is 5.74. The molecule has 0 aliphatic heterocycles. The van der Waals surface area contributed by atoms with Crippen LogP contribution in [-0.4, -0.2) is 16.3 Å². The van der Waals surface area contributed by atoms with Crippen molar-refractivity contribution in [1.29, 1.82) is 0 Å². The molecule has 2 N–H and O–H groups in total. The Morgan fingerprint density at radius 2 is 2.50 bits per heavy atom. The molecular weight excluding hydrogens is 150 g/mol. The summed E-state index contributed by atoms with van der Waals surface area (Å²) in [5, 5.41) is 4.81. The summed E-state index contributed by atoms with van der Waals surface area (Å²) in [5.41, 5.74) is 6.17. The number of aromatic nitrogens is 2. The van der Waals surface area contributed by atoms with Crippen LogP contribution < -0.4 is 5.73 Å². The van der Waals surface area contributed by atoms with Crippen LogP contribution in [0.25, 0.3) is 0 Å². The van der Waals surface area contributed by atoms with E-state index in [0.717, 1.165) is 12.2 Å². The van der Waals surface area contributed by atoms with E-state index in [9.17, 15) is 0 Å². The van der Waals surface area contributed by atoms with Gasteiger partial charge < -0.3 is 5.73 Å². The van der Waals surface area contributed by atoms with Gasteiger partial charge in [-0.3, -0.25) is 4.68 Å². The van der Waals surface area contributed by atoms with Gasteiger partial charge in [-0.15, -0.1) is 0 Å². The van der Waals surface area contributed by atoms with E-state index in [-0.39, 0.29) is 0 Å². The fourth-order valence-electron chi connectivity index (χ4n) is 0.740. The Hall–Kier alpha value is -0.540. The first-order valence-corrected chi connectivity index (χ1v) is 3.51. The van der Waals surface area contributed by atoms with Crippen LogP contribution in [0.4, 0.5) is 0 Å². The quantitative estimate of drug-likeness (QED) is 0.694. The molecule has 0 radical (unpaired) electrons. The lowest BCUT2D eigenvalue weighted by Gasteiger charge is -1.93. The van der Waals surface area contributed by atoms with Gasteiger partial charge in [-0.25, -0.2) is 0 Å². The van der Waals surface area contributed by atoms with Gasteiger partial charge in [0.05, 0.1) is 17.3 Å². The highest BCUT2D eigenvalue weighted by atomic mass is 35.5. The molecule has 1 heterocycles. The molecule has 0 spiro atoms. The fraction of sp³-hybridized carbons (Fsp3) is 0.500. The van der Waals surface area contributed by atoms with Crippen LogP contribution in [0.3, 0.4) is 0 Å². The number of rotatable bonds is 2. The maximum atomic E-state index is 5.74. The lowest BCUT2D eigenvalue weighted by atomic mass is 10.5. The van der Waals surface area contributed by atoms with E-state index in [1.807, 2.05) is 6.92 Å². The smallest absolute Gasteiger partial charge is 0.0814 e. The van der Waals surface area contributed by atoms with Gasteiger partial charge in [-0.1, -0.05) is 11.6 Å². The Morgan fingerprint density at radius 3 is 2.90 bits per heavy atom. The molecule has 0 bridgehead atoms. The average Bonchev–Trinajstić information content (AvgIpc) is 2.14. The number of halogens is 1. The third-order valence-electron chi connectivity index (χ3n) is 1.24. The Balaban J connectivity index is 2.77. The molecule has 1 aromatic rings. The number of hydrogen-bond donors (Lipinski definition) is 1. The highest BCUT2D eigenvalue weighted by Crippen LogP contribution is 2.11. The Labute approximate surface area is 64.8 Å². The highest BCUT2D eigenvalue weighted by molar-refractivity contribution is 6.31. The monoisotopic (exact) mass is 159 g/mol. The van der Waals surface area contributed by atoms with E-state index in [1.54, 1.807) is 10.9 Å². The van der Waals surface area contributed by atoms with Crippen LogP contribution in [0, 0.1) is 6.92 Å². The average molecular weight is 160 g/mol. The largest absolute Gasteiger partial charge is 0.329 e. The third-order valence-corrected chi connectivity index (χ3v) is 1.62. The Kier molecular flexibility index (Phi) is 2.29. The predicted molar refractivity (Wildman–Crippen MR) is 41.0 cm³/mol. The fourth-order valence-corrected chi connectivity index (χ4v) is 0.891. The molecule has 0 saturated carbocycles. The maximum Gasteiger partial charge on any atom is 0.0814 e. The number of nitrogens with zero attached hydrogens (tertiary/aromatic N) is 2. The minimum absolute atomic E-state index is 0.595. The molecule has 56 valence electrons. The molecule has 0 aliphatic carbocycles. The summed E-state index contributed by atoms with van der Waals surface area (Å²) in [4.78, 5) is 0. The molecule has 0 amide bonds. The van der Waals surface area contributed by atoms with Crippen LogP contribution in [0.1, 0.15) is 5.69 Å². The summed E-state index contributed by atoms with van der Waals surface area (Å²) in [6.45, 7) is 3.19. The predicted octanol–water partition coefficient (Wildman–Crippen LogP) is 0.804. The van der Waals surface area contributed by atoms with Gasteiger partial charge in [0.1, 0.15) is 0 Å². The van der Waals surface area contributed by atoms with Crippen LogP contribution in [-0.2, 0) is 6.54 Å². The molecule has 0 aliphatic rings. The van der Waals surface area contributed by atoms with Crippen molar-refractivity contribution in [3.05, 3.63) is 16.9 Å². The SMILES string of the molecule is Cc1nn(CCN)cc1Cl. The van der Waals surface area contributed by atoms with Gasteiger partial charge in [0, 0.05) is 12.7 Å². The minimum Gasteiger partial charge on any atom is -0.329 e. The van der Waals surface area contributed by atoms with Gasteiger partial charge in [0.25, 0.3) is 0 Å². The van der Waals surface area contributed by atoms with Crippen molar-refractivity contribution < 1.29 is 0 Å². The first-order chi connectivity index (χ1) is 4.74. The summed E-state index contributed by atoms with van der Waals surface area (Å²) in [6.07, 6.45) is 1.78. The summed E-state index contributed by atoms with van der Waals surface area (Å²) < 4.78 is 1.75. The van der Waals surface area contributed by atoms with E-state index in [2.05, 4.69) is 5.10 Å². The first kappa shape index (κ1) is 7.57. The second-order valence-electron chi connectivity index (χ2n) is 2.11. The van der Waals surface area contributed by atoms with Gasteiger partial charge in [0.2, 0.25) is 0 Å². The van der Waals surface area contributed by atoms with Crippen molar-refractivity contribution in [3.8, 4) is 0 Å². The van der Waals surface area contributed by atoms with Gasteiger partial charge in [-0.05, 0) is 6.92 Å². The summed E-state index contributed by atoms with van der Waals surface area (Å²) in [7, 11) is 0. The molecule has 10 heavy (non-hydrogen) atoms. The summed E-state index contributed by atoms with van der Waals surface area (Å²) in [5.74, 6) is 0. The highest BCUT2D eigenvalue weighted by Gasteiger charge is 1.99. The molecule has 0 unspecified atom stereocenters. The van der Waals surface area contributed by atoms with E-state index in [0.29, 0.717) is 11.6 Å². The standard InChI is InChI=1S/C6H10ClN3/c1-5-6(7)4-10(9-5)3-2-8/h4H,2-3,8H2,1H3. The normalized spacial score (nSPS) is 10.3. The van der Waals surface area contributed by atoms with E-state index in [1.165, 1.54) is 0 Å². The molecule has 0 atom stereocenters. The number of nitrogens with two attached hydrogens (primary N) is 1. The molecule has 0 aromatic carbocycles. The van der Waals surface area contributed by atoms with Crippen LogP contribution >= 0.6 is 11.6 Å². The van der Waals surface area contributed by atoms with Crippen LogP contribution in [0.5, 0.6) is 0 Å². The molecule has 3 nitrogen and oxygen atoms in total. The number of hydrogen-bond acceptors (Lipinski definition) is 2. The Bertz CT molecular complexity index is 199. The van der Waals surface area contributed by atoms with Gasteiger partial charge in [0.15, 0.2) is 0 Å². The molecule has 4 heteroatoms. The van der Waals surface area contributed by atoms with Crippen molar-refractivity contribution in [2.45, 2.75) is 13.5 Å². The molecular formula is C6H10ClN3.